The third kappa shape index (κ3) is 3.64. The molecule has 2 heterocycles. The van der Waals surface area contributed by atoms with Crippen molar-refractivity contribution in [3.63, 3.8) is 0 Å². The number of anilines is 1. The molecule has 0 aliphatic carbocycles. The molecule has 0 aromatic heterocycles. The van der Waals surface area contributed by atoms with Gasteiger partial charge in [-0.15, -0.1) is 0 Å². The van der Waals surface area contributed by atoms with Gasteiger partial charge in [0.2, 0.25) is 11.8 Å². The summed E-state index contributed by atoms with van der Waals surface area (Å²) in [4.78, 5) is 36.7. The Labute approximate surface area is 164 Å². The quantitative estimate of drug-likeness (QED) is 0.257. The van der Waals surface area contributed by atoms with Crippen molar-refractivity contribution >= 4 is 46.5 Å². The predicted molar refractivity (Wildman–Crippen MR) is 72.7 cm³/mol. The molecule has 6 nitrogen and oxygen atoms in total. The molecule has 1 atom stereocenters. The van der Waals surface area contributed by atoms with Crippen LogP contribution in [0.5, 0.6) is 0 Å². The maximum absolute atomic E-state index is 12.3. The van der Waals surface area contributed by atoms with Crippen LogP contribution in [0.4, 0.5) is 5.69 Å². The first-order valence-electron chi connectivity index (χ1n) is 6.10. The molecule has 1 aromatic rings. The van der Waals surface area contributed by atoms with Gasteiger partial charge in [-0.05, 0) is 18.6 Å². The number of imide groups is 1. The van der Waals surface area contributed by atoms with E-state index < -0.39 is 11.9 Å². The number of carbonyl (C=O) groups excluding carboxylic acids is 3. The Balaban J connectivity index is 0.00000147. The second-order valence-corrected chi connectivity index (χ2v) is 4.77. The van der Waals surface area contributed by atoms with E-state index in [2.05, 4.69) is 5.32 Å². The Morgan fingerprint density at radius 2 is 1.86 bits per heavy atom. The van der Waals surface area contributed by atoms with Crippen LogP contribution in [0.25, 0.3) is 0 Å². The summed E-state index contributed by atoms with van der Waals surface area (Å²) in [6, 6.07) is 4.58. The van der Waals surface area contributed by atoms with Crippen molar-refractivity contribution in [3.05, 3.63) is 29.3 Å². The summed E-state index contributed by atoms with van der Waals surface area (Å²) in [7, 11) is 0. The normalized spacial score (nSPS) is 19.4. The molecule has 0 bridgehead atoms. The number of carbonyl (C=O) groups is 3. The fourth-order valence-corrected chi connectivity index (χ4v) is 2.61. The van der Waals surface area contributed by atoms with Gasteiger partial charge < -0.3 is 44.6 Å². The van der Waals surface area contributed by atoms with Crippen molar-refractivity contribution < 1.29 is 48.3 Å². The minimum absolute atomic E-state index is 0. The van der Waals surface area contributed by atoms with E-state index in [1.54, 1.807) is 18.2 Å². The summed E-state index contributed by atoms with van der Waals surface area (Å²) >= 11 is 0. The van der Waals surface area contributed by atoms with Gasteiger partial charge in [-0.3, -0.25) is 19.7 Å². The molecule has 2 aliphatic rings. The first-order valence-corrected chi connectivity index (χ1v) is 6.10. The number of hydrogen-bond donors (Lipinski definition) is 2. The summed E-state index contributed by atoms with van der Waals surface area (Å²) in [6.07, 6.45) is 0.621. The largest absolute Gasteiger partial charge is 2.00 e. The topological polar surface area (TPSA) is 92.5 Å². The maximum Gasteiger partial charge on any atom is 2.00 e. The van der Waals surface area contributed by atoms with Crippen molar-refractivity contribution in [1.82, 2.24) is 10.2 Å². The van der Waals surface area contributed by atoms with Crippen LogP contribution in [-0.2, 0) is 16.1 Å². The van der Waals surface area contributed by atoms with Gasteiger partial charge in [-0.25, -0.2) is 0 Å². The first kappa shape index (κ1) is 21.4. The summed E-state index contributed by atoms with van der Waals surface area (Å²) in [5, 5.41) is 2.27. The molecule has 22 heavy (non-hydrogen) atoms. The van der Waals surface area contributed by atoms with Crippen LogP contribution in [0.15, 0.2) is 18.2 Å². The Morgan fingerprint density at radius 1 is 1.18 bits per heavy atom. The van der Waals surface area contributed by atoms with E-state index >= 15 is 0 Å². The first-order chi connectivity index (χ1) is 9.08. The van der Waals surface area contributed by atoms with Crippen LogP contribution in [-0.4, -0.2) is 51.7 Å². The summed E-state index contributed by atoms with van der Waals surface area (Å²) < 4.78 is 0. The van der Waals surface area contributed by atoms with Gasteiger partial charge in [0.1, 0.15) is 6.04 Å². The van der Waals surface area contributed by atoms with Gasteiger partial charge in [0.25, 0.3) is 5.91 Å². The number of fused-ring (bicyclic) bond motifs is 1. The smallest absolute Gasteiger partial charge is 1.00 e. The molecule has 1 unspecified atom stereocenters. The molecule has 1 fully saturated rings. The molecule has 0 spiro atoms. The fourth-order valence-electron chi connectivity index (χ4n) is 2.61. The number of amides is 3. The monoisotopic (exact) mass is 441 g/mol. The van der Waals surface area contributed by atoms with Crippen LogP contribution in [0, 0.1) is 0 Å². The SMILES string of the molecule is Nc1cccc2c1CN(C1CCC(=O)NC1=O)C2=O.[Br-].[Br-].[Mg+2]. The van der Waals surface area contributed by atoms with E-state index in [1.807, 2.05) is 0 Å². The molecule has 3 N–H and O–H groups in total. The average molecular weight is 443 g/mol. The third-order valence-corrected chi connectivity index (χ3v) is 3.62. The third-order valence-electron chi connectivity index (χ3n) is 3.62. The second-order valence-electron chi connectivity index (χ2n) is 4.77. The zero-order chi connectivity index (χ0) is 13.6. The Bertz CT molecular complexity index is 612. The second kappa shape index (κ2) is 8.28. The minimum Gasteiger partial charge on any atom is -1.00 e. The number of nitrogens with zero attached hydrogens (tertiary/aromatic N) is 1. The molecular weight excluding hydrogens is 430 g/mol. The number of nitrogen functional groups attached to an aromatic ring is 1. The Morgan fingerprint density at radius 3 is 2.45 bits per heavy atom. The maximum atomic E-state index is 12.3. The van der Waals surface area contributed by atoms with Gasteiger partial charge in [0.05, 0.1) is 0 Å². The zero-order valence-corrected chi connectivity index (χ0v) is 16.2. The van der Waals surface area contributed by atoms with E-state index in [0.29, 0.717) is 24.2 Å². The number of benzene rings is 1. The Kier molecular flexibility index (Phi) is 8.03. The fraction of sp³-hybridized carbons (Fsp3) is 0.308. The van der Waals surface area contributed by atoms with Crippen molar-refractivity contribution in [3.8, 4) is 0 Å². The van der Waals surface area contributed by atoms with E-state index in [9.17, 15) is 14.4 Å². The number of halogens is 2. The molecule has 1 aromatic carbocycles. The molecular formula is C13H13Br2MgN3O3. The summed E-state index contributed by atoms with van der Waals surface area (Å²) in [6.45, 7) is 0.327. The van der Waals surface area contributed by atoms with Gasteiger partial charge in [0.15, 0.2) is 0 Å². The van der Waals surface area contributed by atoms with Crippen molar-refractivity contribution in [2.24, 2.45) is 0 Å². The molecule has 3 rings (SSSR count). The molecule has 3 amide bonds. The molecule has 0 saturated carbocycles. The Hall–Kier alpha value is -0.644. The summed E-state index contributed by atoms with van der Waals surface area (Å²) in [5.41, 5.74) is 7.71. The van der Waals surface area contributed by atoms with Gasteiger partial charge in [-0.2, -0.15) is 0 Å². The predicted octanol–water partition coefficient (Wildman–Crippen LogP) is -6.34. The van der Waals surface area contributed by atoms with Gasteiger partial charge >= 0.3 is 23.1 Å². The standard InChI is InChI=1S/C13H13N3O3.2BrH.Mg/c14-9-3-1-2-7-8(9)6-16(13(7)19)10-4-5-11(17)15-12(10)18;;;/h1-3,10H,4-6,14H2,(H,15,17,18);2*1H;/q;;;+2/p-2. The number of nitrogens with two attached hydrogens (primary N) is 1. The van der Waals surface area contributed by atoms with E-state index in [1.165, 1.54) is 4.90 Å². The number of piperidine rings is 1. The van der Waals surface area contributed by atoms with E-state index in [0.717, 1.165) is 5.56 Å². The van der Waals surface area contributed by atoms with Crippen LogP contribution >= 0.6 is 0 Å². The minimum atomic E-state index is -0.586. The zero-order valence-electron chi connectivity index (χ0n) is 11.6. The van der Waals surface area contributed by atoms with Crippen LogP contribution in [0.3, 0.4) is 0 Å². The molecule has 9 heteroatoms. The molecule has 2 aliphatic heterocycles. The van der Waals surface area contributed by atoms with Crippen molar-refractivity contribution in [2.45, 2.75) is 25.4 Å². The van der Waals surface area contributed by atoms with Crippen molar-refractivity contribution in [1.29, 1.82) is 0 Å². The molecule has 0 radical (unpaired) electrons. The van der Waals surface area contributed by atoms with Crippen LogP contribution < -0.4 is 45.0 Å². The van der Waals surface area contributed by atoms with E-state index in [4.69, 9.17) is 5.73 Å². The van der Waals surface area contributed by atoms with E-state index in [-0.39, 0.29) is 75.3 Å². The average Bonchev–Trinajstić information content (AvgIpc) is 2.69. The number of rotatable bonds is 1. The summed E-state index contributed by atoms with van der Waals surface area (Å²) in [5.74, 6) is -0.891. The molecule has 1 saturated heterocycles. The number of hydrogen-bond acceptors (Lipinski definition) is 4. The van der Waals surface area contributed by atoms with Crippen LogP contribution in [0.2, 0.25) is 0 Å². The van der Waals surface area contributed by atoms with Crippen molar-refractivity contribution in [2.75, 3.05) is 5.73 Å². The van der Waals surface area contributed by atoms with Gasteiger partial charge in [0, 0.05) is 29.8 Å². The van der Waals surface area contributed by atoms with Gasteiger partial charge in [-0.1, -0.05) is 6.07 Å². The van der Waals surface area contributed by atoms with Crippen LogP contribution in [0.1, 0.15) is 28.8 Å². The molecule has 114 valence electrons. The number of nitrogens with one attached hydrogen (secondary N) is 1.